The van der Waals surface area contributed by atoms with E-state index >= 15 is 0 Å². The van der Waals surface area contributed by atoms with Crippen molar-refractivity contribution in [1.29, 1.82) is 0 Å². The third-order valence-electron chi connectivity index (χ3n) is 1.70. The van der Waals surface area contributed by atoms with Gasteiger partial charge in [-0.2, -0.15) is 10.1 Å². The van der Waals surface area contributed by atoms with Gasteiger partial charge in [-0.3, -0.25) is 0 Å². The van der Waals surface area contributed by atoms with Crippen molar-refractivity contribution in [2.45, 2.75) is 0 Å². The minimum absolute atomic E-state index is 0.591. The number of nitrogens with zero attached hydrogens (tertiary/aromatic N) is 3. The molecular weight excluding hydrogens is 293 g/mol. The summed E-state index contributed by atoms with van der Waals surface area (Å²) in [6.07, 6.45) is 3.68. The number of aromatic nitrogens is 3. The third-order valence-corrected chi connectivity index (χ3v) is 2.26. The van der Waals surface area contributed by atoms with Gasteiger partial charge in [-0.25, -0.2) is 4.68 Å². The quantitative estimate of drug-likeness (QED) is 0.795. The van der Waals surface area contributed by atoms with E-state index in [1.165, 1.54) is 0 Å². The molecule has 72 valence electrons. The topological polar surface area (TPSA) is 39.9 Å². The summed E-state index contributed by atoms with van der Waals surface area (Å²) in [4.78, 5) is 4.25. The van der Waals surface area contributed by atoms with Crippen LogP contribution in [0.5, 0.6) is 5.88 Å². The minimum Gasteiger partial charge on any atom is -0.481 e. The first-order valence-electron chi connectivity index (χ1n) is 4.01. The van der Waals surface area contributed by atoms with Crippen molar-refractivity contribution in [3.63, 3.8) is 0 Å². The van der Waals surface area contributed by atoms with Crippen LogP contribution in [0.2, 0.25) is 0 Å². The van der Waals surface area contributed by atoms with E-state index in [9.17, 15) is 0 Å². The number of ether oxygens (including phenoxy) is 1. The number of hydrogen-bond acceptors (Lipinski definition) is 3. The Labute approximate surface area is 95.1 Å². The summed E-state index contributed by atoms with van der Waals surface area (Å²) in [7, 11) is 1.60. The van der Waals surface area contributed by atoms with E-state index in [0.717, 1.165) is 9.39 Å². The van der Waals surface area contributed by atoms with Gasteiger partial charge < -0.3 is 4.74 Å². The molecule has 0 atom stereocenters. The molecule has 0 radical (unpaired) electrons. The molecule has 0 saturated heterocycles. The third kappa shape index (κ3) is 1.87. The standard InChI is InChI=1S/C9H8IN3O/c1-14-9-4-2-3-8(12-9)13-6-7(10)5-11-13/h2-6H,1H3. The first-order valence-corrected chi connectivity index (χ1v) is 5.09. The smallest absolute Gasteiger partial charge is 0.214 e. The SMILES string of the molecule is COc1cccc(-n2cc(I)cn2)n1. The molecule has 0 bridgehead atoms. The van der Waals surface area contributed by atoms with Crippen LogP contribution in [-0.2, 0) is 0 Å². The van der Waals surface area contributed by atoms with E-state index < -0.39 is 0 Å². The van der Waals surface area contributed by atoms with Crippen LogP contribution in [-0.4, -0.2) is 21.9 Å². The van der Waals surface area contributed by atoms with Crippen LogP contribution >= 0.6 is 22.6 Å². The average Bonchev–Trinajstić information content (AvgIpc) is 2.65. The molecule has 0 fully saturated rings. The fraction of sp³-hybridized carbons (Fsp3) is 0.111. The molecule has 0 amide bonds. The molecule has 2 aromatic rings. The van der Waals surface area contributed by atoms with Crippen molar-refractivity contribution in [3.05, 3.63) is 34.2 Å². The van der Waals surface area contributed by atoms with Crippen LogP contribution in [0.25, 0.3) is 5.82 Å². The molecule has 0 unspecified atom stereocenters. The summed E-state index contributed by atoms with van der Waals surface area (Å²) in [6.45, 7) is 0. The fourth-order valence-corrected chi connectivity index (χ4v) is 1.46. The van der Waals surface area contributed by atoms with E-state index in [1.54, 1.807) is 24.1 Å². The van der Waals surface area contributed by atoms with E-state index in [0.29, 0.717) is 5.88 Å². The predicted molar refractivity (Wildman–Crippen MR) is 60.6 cm³/mol. The second kappa shape index (κ2) is 3.95. The minimum atomic E-state index is 0.591. The molecule has 5 heteroatoms. The van der Waals surface area contributed by atoms with Crippen molar-refractivity contribution < 1.29 is 4.74 Å². The molecule has 0 N–H and O–H groups in total. The zero-order valence-electron chi connectivity index (χ0n) is 7.51. The monoisotopic (exact) mass is 301 g/mol. The van der Waals surface area contributed by atoms with Crippen molar-refractivity contribution in [1.82, 2.24) is 14.8 Å². The molecule has 0 spiro atoms. The van der Waals surface area contributed by atoms with Crippen LogP contribution < -0.4 is 4.74 Å². The van der Waals surface area contributed by atoms with E-state index in [4.69, 9.17) is 4.74 Å². The van der Waals surface area contributed by atoms with Crippen LogP contribution in [0.3, 0.4) is 0 Å². The Kier molecular flexibility index (Phi) is 2.67. The van der Waals surface area contributed by atoms with Gasteiger partial charge in [-0.1, -0.05) is 6.07 Å². The lowest BCUT2D eigenvalue weighted by molar-refractivity contribution is 0.397. The lowest BCUT2D eigenvalue weighted by Gasteiger charge is -2.02. The molecule has 14 heavy (non-hydrogen) atoms. The number of halogens is 1. The molecule has 0 aromatic carbocycles. The zero-order chi connectivity index (χ0) is 9.97. The second-order valence-corrected chi connectivity index (χ2v) is 3.89. The summed E-state index contributed by atoms with van der Waals surface area (Å²) in [5, 5.41) is 4.15. The Balaban J connectivity index is 2.41. The Bertz CT molecular complexity index is 441. The van der Waals surface area contributed by atoms with Gasteiger partial charge in [-0.05, 0) is 28.7 Å². The highest BCUT2D eigenvalue weighted by atomic mass is 127. The Morgan fingerprint density at radius 3 is 2.93 bits per heavy atom. The van der Waals surface area contributed by atoms with Crippen molar-refractivity contribution in [3.8, 4) is 11.7 Å². The summed E-state index contributed by atoms with van der Waals surface area (Å²) in [5.74, 6) is 1.35. The molecule has 2 aromatic heterocycles. The normalized spacial score (nSPS) is 10.1. The van der Waals surface area contributed by atoms with Gasteiger partial charge in [0.2, 0.25) is 5.88 Å². The zero-order valence-corrected chi connectivity index (χ0v) is 9.67. The van der Waals surface area contributed by atoms with E-state index in [2.05, 4.69) is 32.7 Å². The Morgan fingerprint density at radius 1 is 1.43 bits per heavy atom. The Hall–Kier alpha value is -1.11. The summed E-state index contributed by atoms with van der Waals surface area (Å²) in [5.41, 5.74) is 0. The van der Waals surface area contributed by atoms with Gasteiger partial charge in [0.05, 0.1) is 16.9 Å². The van der Waals surface area contributed by atoms with E-state index in [1.807, 2.05) is 18.3 Å². The van der Waals surface area contributed by atoms with Crippen LogP contribution in [0.4, 0.5) is 0 Å². The van der Waals surface area contributed by atoms with Crippen molar-refractivity contribution >= 4 is 22.6 Å². The predicted octanol–water partition coefficient (Wildman–Crippen LogP) is 1.88. The van der Waals surface area contributed by atoms with Crippen LogP contribution in [0, 0.1) is 3.57 Å². The molecule has 0 saturated carbocycles. The maximum absolute atomic E-state index is 5.03. The van der Waals surface area contributed by atoms with Gasteiger partial charge in [0, 0.05) is 12.3 Å². The fourth-order valence-electron chi connectivity index (χ4n) is 1.07. The second-order valence-electron chi connectivity index (χ2n) is 2.64. The van der Waals surface area contributed by atoms with Crippen molar-refractivity contribution in [2.75, 3.05) is 7.11 Å². The molecule has 0 aliphatic carbocycles. The summed E-state index contributed by atoms with van der Waals surface area (Å²) >= 11 is 2.20. The van der Waals surface area contributed by atoms with Gasteiger partial charge in [0.15, 0.2) is 5.82 Å². The van der Waals surface area contributed by atoms with E-state index in [-0.39, 0.29) is 0 Å². The van der Waals surface area contributed by atoms with Crippen LogP contribution in [0.15, 0.2) is 30.6 Å². The van der Waals surface area contributed by atoms with Gasteiger partial charge in [0.25, 0.3) is 0 Å². The summed E-state index contributed by atoms with van der Waals surface area (Å²) < 4.78 is 7.82. The average molecular weight is 301 g/mol. The molecule has 2 heterocycles. The highest BCUT2D eigenvalue weighted by Crippen LogP contribution is 2.11. The lowest BCUT2D eigenvalue weighted by atomic mass is 10.4. The molecule has 0 aliphatic rings. The van der Waals surface area contributed by atoms with Gasteiger partial charge >= 0.3 is 0 Å². The lowest BCUT2D eigenvalue weighted by Crippen LogP contribution is -1.98. The van der Waals surface area contributed by atoms with Crippen molar-refractivity contribution in [2.24, 2.45) is 0 Å². The highest BCUT2D eigenvalue weighted by molar-refractivity contribution is 14.1. The molecule has 4 nitrogen and oxygen atoms in total. The van der Waals surface area contributed by atoms with Crippen LogP contribution in [0.1, 0.15) is 0 Å². The van der Waals surface area contributed by atoms with Gasteiger partial charge in [0.1, 0.15) is 0 Å². The number of pyridine rings is 1. The molecular formula is C9H8IN3O. The maximum atomic E-state index is 5.03. The number of rotatable bonds is 2. The Morgan fingerprint density at radius 2 is 2.29 bits per heavy atom. The molecule has 2 rings (SSSR count). The first-order chi connectivity index (χ1) is 6.79. The largest absolute Gasteiger partial charge is 0.481 e. The van der Waals surface area contributed by atoms with Gasteiger partial charge in [-0.15, -0.1) is 0 Å². The highest BCUT2D eigenvalue weighted by Gasteiger charge is 2.01. The summed E-state index contributed by atoms with van der Waals surface area (Å²) in [6, 6.07) is 5.57. The number of hydrogen-bond donors (Lipinski definition) is 0. The molecule has 0 aliphatic heterocycles. The first kappa shape index (κ1) is 9.45. The maximum Gasteiger partial charge on any atom is 0.214 e. The number of methoxy groups -OCH3 is 1.